The summed E-state index contributed by atoms with van der Waals surface area (Å²) in [6.45, 7) is 1.02. The van der Waals surface area contributed by atoms with E-state index >= 15 is 0 Å². The molecule has 0 aliphatic heterocycles. The molecule has 4 rings (SSSR count). The zero-order valence-electron chi connectivity index (χ0n) is 15.3. The molecule has 1 atom stereocenters. The number of hydrogen-bond donors (Lipinski definition) is 2. The average Bonchev–Trinajstić information content (AvgIpc) is 3.35. The normalized spacial score (nSPS) is 12.4. The van der Waals surface area contributed by atoms with E-state index in [0.29, 0.717) is 17.0 Å². The number of anilines is 1. The number of fused-ring (bicyclic) bond motifs is 1. The maximum atomic E-state index is 13.9. The highest BCUT2D eigenvalue weighted by molar-refractivity contribution is 5.76. The molecule has 3 heterocycles. The van der Waals surface area contributed by atoms with E-state index in [-0.39, 0.29) is 11.8 Å². The number of benzene rings is 1. The lowest BCUT2D eigenvalue weighted by molar-refractivity contribution is 0.0817. The highest BCUT2D eigenvalue weighted by Crippen LogP contribution is 2.26. The van der Waals surface area contributed by atoms with Gasteiger partial charge in [0.1, 0.15) is 24.0 Å². The molecule has 0 saturated carbocycles. The second-order valence-electron chi connectivity index (χ2n) is 6.41. The second-order valence-corrected chi connectivity index (χ2v) is 6.41. The van der Waals surface area contributed by atoms with Crippen LogP contribution in [0.4, 0.5) is 19.0 Å². The summed E-state index contributed by atoms with van der Waals surface area (Å²) in [4.78, 5) is 4.58. The molecule has 1 aromatic carbocycles. The number of aromatic amines is 1. The van der Waals surface area contributed by atoms with Gasteiger partial charge in [0, 0.05) is 29.6 Å². The van der Waals surface area contributed by atoms with Crippen molar-refractivity contribution < 1.29 is 17.9 Å². The Balaban J connectivity index is 1.57. The first-order valence-corrected chi connectivity index (χ1v) is 8.81. The van der Waals surface area contributed by atoms with Crippen LogP contribution in [0.15, 0.2) is 49.1 Å². The second kappa shape index (κ2) is 7.82. The summed E-state index contributed by atoms with van der Waals surface area (Å²) in [6, 6.07) is 5.31. The Hall–Kier alpha value is -3.56. The standard InChI is InChI=1S/C19H17F3N6O/c1-11(12-4-14(20)6-15(5-12)29-10-17(21)22)26-18-2-3-28-19(27-18)16(9-25-28)13-7-23-24-8-13/h2-9,11,17H,10H2,1H3,(H,23,24)(H,26,27). The van der Waals surface area contributed by atoms with Crippen molar-refractivity contribution in [3.8, 4) is 16.9 Å². The van der Waals surface area contributed by atoms with Crippen LogP contribution in [0.5, 0.6) is 5.75 Å². The SMILES string of the molecule is CC(Nc1ccn2ncc(-c3cn[nH]c3)c2n1)c1cc(F)cc(OCC(F)F)c1. The molecule has 0 amide bonds. The first-order valence-electron chi connectivity index (χ1n) is 8.81. The molecule has 1 unspecified atom stereocenters. The summed E-state index contributed by atoms with van der Waals surface area (Å²) in [6.07, 6.45) is 4.24. The molecule has 0 spiro atoms. The number of hydrogen-bond acceptors (Lipinski definition) is 5. The summed E-state index contributed by atoms with van der Waals surface area (Å²) in [5.41, 5.74) is 2.83. The maximum absolute atomic E-state index is 13.9. The van der Waals surface area contributed by atoms with Gasteiger partial charge in [0.25, 0.3) is 6.43 Å². The molecule has 7 nitrogen and oxygen atoms in total. The van der Waals surface area contributed by atoms with Crippen molar-refractivity contribution in [3.05, 3.63) is 60.4 Å². The molecule has 0 bridgehead atoms. The Labute approximate surface area is 163 Å². The molecule has 0 aliphatic carbocycles. The Bertz CT molecular complexity index is 1110. The fraction of sp³-hybridized carbons (Fsp3) is 0.211. The van der Waals surface area contributed by atoms with Gasteiger partial charge in [-0.05, 0) is 30.7 Å². The van der Waals surface area contributed by atoms with Crippen molar-refractivity contribution in [1.82, 2.24) is 24.8 Å². The van der Waals surface area contributed by atoms with Crippen LogP contribution in [-0.2, 0) is 0 Å². The highest BCUT2D eigenvalue weighted by Gasteiger charge is 2.14. The molecule has 0 radical (unpaired) electrons. The molecule has 0 saturated heterocycles. The van der Waals surface area contributed by atoms with Gasteiger partial charge in [-0.3, -0.25) is 5.10 Å². The van der Waals surface area contributed by atoms with Gasteiger partial charge >= 0.3 is 0 Å². The van der Waals surface area contributed by atoms with Gasteiger partial charge in [-0.15, -0.1) is 0 Å². The summed E-state index contributed by atoms with van der Waals surface area (Å²) in [5, 5.41) is 14.1. The van der Waals surface area contributed by atoms with Crippen molar-refractivity contribution in [1.29, 1.82) is 0 Å². The molecule has 150 valence electrons. The van der Waals surface area contributed by atoms with Gasteiger partial charge < -0.3 is 10.1 Å². The van der Waals surface area contributed by atoms with E-state index in [1.54, 1.807) is 35.4 Å². The molecule has 29 heavy (non-hydrogen) atoms. The molecule has 3 aromatic heterocycles. The third kappa shape index (κ3) is 4.15. The van der Waals surface area contributed by atoms with E-state index in [1.807, 2.05) is 6.92 Å². The smallest absolute Gasteiger partial charge is 0.272 e. The van der Waals surface area contributed by atoms with Crippen LogP contribution in [0.1, 0.15) is 18.5 Å². The average molecular weight is 402 g/mol. The van der Waals surface area contributed by atoms with Gasteiger partial charge in [0.05, 0.1) is 18.4 Å². The lowest BCUT2D eigenvalue weighted by Crippen LogP contribution is -2.11. The van der Waals surface area contributed by atoms with E-state index in [9.17, 15) is 13.2 Å². The van der Waals surface area contributed by atoms with Crippen LogP contribution < -0.4 is 10.1 Å². The number of H-pyrrole nitrogens is 1. The lowest BCUT2D eigenvalue weighted by Gasteiger charge is -2.16. The first-order chi connectivity index (χ1) is 14.0. The Morgan fingerprint density at radius 3 is 2.86 bits per heavy atom. The zero-order valence-corrected chi connectivity index (χ0v) is 15.3. The van der Waals surface area contributed by atoms with E-state index in [4.69, 9.17) is 4.74 Å². The van der Waals surface area contributed by atoms with Crippen LogP contribution in [-0.4, -0.2) is 37.8 Å². The van der Waals surface area contributed by atoms with Crippen molar-refractivity contribution in [2.24, 2.45) is 0 Å². The number of nitrogens with one attached hydrogen (secondary N) is 2. The summed E-state index contributed by atoms with van der Waals surface area (Å²) in [5.74, 6) is 0.0341. The van der Waals surface area contributed by atoms with Gasteiger partial charge in [-0.25, -0.2) is 22.7 Å². The topological polar surface area (TPSA) is 80.1 Å². The number of aromatic nitrogens is 5. The van der Waals surface area contributed by atoms with Crippen molar-refractivity contribution >= 4 is 11.5 Å². The third-order valence-electron chi connectivity index (χ3n) is 4.31. The maximum Gasteiger partial charge on any atom is 0.272 e. The highest BCUT2D eigenvalue weighted by atomic mass is 19.3. The Morgan fingerprint density at radius 2 is 2.10 bits per heavy atom. The molecule has 4 aromatic rings. The lowest BCUT2D eigenvalue weighted by atomic mass is 10.1. The molecule has 2 N–H and O–H groups in total. The minimum atomic E-state index is -2.63. The van der Waals surface area contributed by atoms with Gasteiger partial charge in [-0.1, -0.05) is 0 Å². The predicted molar refractivity (Wildman–Crippen MR) is 101 cm³/mol. The number of nitrogens with zero attached hydrogens (tertiary/aromatic N) is 4. The summed E-state index contributed by atoms with van der Waals surface area (Å²) < 4.78 is 45.2. The van der Waals surface area contributed by atoms with Gasteiger partial charge in [0.2, 0.25) is 0 Å². The largest absolute Gasteiger partial charge is 0.488 e. The van der Waals surface area contributed by atoms with Crippen LogP contribution in [0.25, 0.3) is 16.8 Å². The monoisotopic (exact) mass is 402 g/mol. The summed E-state index contributed by atoms with van der Waals surface area (Å²) >= 11 is 0. The van der Waals surface area contributed by atoms with Gasteiger partial charge in [-0.2, -0.15) is 10.2 Å². The zero-order chi connectivity index (χ0) is 20.4. The number of rotatable bonds is 7. The summed E-state index contributed by atoms with van der Waals surface area (Å²) in [7, 11) is 0. The van der Waals surface area contributed by atoms with Crippen LogP contribution >= 0.6 is 0 Å². The predicted octanol–water partition coefficient (Wildman–Crippen LogP) is 4.08. The van der Waals surface area contributed by atoms with Crippen LogP contribution in [0, 0.1) is 5.82 Å². The minimum Gasteiger partial charge on any atom is -0.488 e. The van der Waals surface area contributed by atoms with Gasteiger partial charge in [0.15, 0.2) is 5.65 Å². The molecule has 0 aliphatic rings. The van der Waals surface area contributed by atoms with Crippen LogP contribution in [0.2, 0.25) is 0 Å². The fourth-order valence-electron chi connectivity index (χ4n) is 2.93. The van der Waals surface area contributed by atoms with Crippen molar-refractivity contribution in [2.75, 3.05) is 11.9 Å². The van der Waals surface area contributed by atoms with Crippen molar-refractivity contribution in [3.63, 3.8) is 0 Å². The van der Waals surface area contributed by atoms with E-state index in [0.717, 1.165) is 17.2 Å². The minimum absolute atomic E-state index is 0.0513. The Morgan fingerprint density at radius 1 is 1.24 bits per heavy atom. The fourth-order valence-corrected chi connectivity index (χ4v) is 2.93. The Kier molecular flexibility index (Phi) is 5.07. The first kappa shape index (κ1) is 18.8. The number of ether oxygens (including phenoxy) is 1. The molecular weight excluding hydrogens is 385 g/mol. The molecule has 10 heteroatoms. The van der Waals surface area contributed by atoms with E-state index in [1.165, 1.54) is 12.1 Å². The number of alkyl halides is 2. The van der Waals surface area contributed by atoms with E-state index < -0.39 is 18.8 Å². The quantitative estimate of drug-likeness (QED) is 0.487. The third-order valence-corrected chi connectivity index (χ3v) is 4.31. The molecular formula is C19H17F3N6O. The van der Waals surface area contributed by atoms with Crippen LogP contribution in [0.3, 0.4) is 0 Å². The van der Waals surface area contributed by atoms with Crippen molar-refractivity contribution in [2.45, 2.75) is 19.4 Å². The molecule has 0 fully saturated rings. The van der Waals surface area contributed by atoms with E-state index in [2.05, 4.69) is 25.6 Å². The number of halogens is 3.